The Kier molecular flexibility index (Phi) is 9.20. The van der Waals surface area contributed by atoms with Crippen molar-refractivity contribution in [2.45, 2.75) is 105 Å². The van der Waals surface area contributed by atoms with E-state index in [2.05, 4.69) is 230 Å². The van der Waals surface area contributed by atoms with Crippen LogP contribution in [0, 0.1) is 13.8 Å². The summed E-state index contributed by atoms with van der Waals surface area (Å²) in [7, 11) is 0. The molecule has 0 saturated heterocycles. The van der Waals surface area contributed by atoms with Crippen LogP contribution in [0.5, 0.6) is 0 Å². The molecule has 13 rings (SSSR count). The summed E-state index contributed by atoms with van der Waals surface area (Å²) >= 11 is 1.93. The Morgan fingerprint density at radius 2 is 1.23 bits per heavy atom. The number of hydrogen-bond acceptors (Lipinski definition) is 4. The van der Waals surface area contributed by atoms with Crippen LogP contribution < -0.4 is 36.8 Å². The second-order valence-electron chi connectivity index (χ2n) is 23.4. The van der Waals surface area contributed by atoms with Gasteiger partial charge in [-0.25, -0.2) is 0 Å². The molecule has 0 fully saturated rings. The Balaban J connectivity index is 1.16. The van der Waals surface area contributed by atoms with Gasteiger partial charge in [0, 0.05) is 71.3 Å². The predicted molar refractivity (Wildman–Crippen MR) is 302 cm³/mol. The van der Waals surface area contributed by atoms with Crippen LogP contribution in [0.1, 0.15) is 103 Å². The lowest BCUT2D eigenvalue weighted by molar-refractivity contribution is 0.570. The molecule has 2 aliphatic heterocycles. The number of hydrogen-bond donors (Lipinski definition) is 0. The zero-order valence-corrected chi connectivity index (χ0v) is 43.2. The van der Waals surface area contributed by atoms with E-state index in [-0.39, 0.29) is 23.0 Å². The summed E-state index contributed by atoms with van der Waals surface area (Å²) in [4.78, 5) is 6.55. The van der Waals surface area contributed by atoms with Gasteiger partial charge in [0.15, 0.2) is 0 Å². The fourth-order valence-electron chi connectivity index (χ4n) is 12.1. The molecule has 0 amide bonds. The molecule has 3 aliphatic rings. The molecule has 0 saturated carbocycles. The number of nitrogens with zero attached hydrogens (tertiary/aromatic N) is 3. The molecule has 3 aromatic heterocycles. The van der Waals surface area contributed by atoms with Crippen molar-refractivity contribution < 1.29 is 4.42 Å². The van der Waals surface area contributed by atoms with Gasteiger partial charge in [-0.15, -0.1) is 11.3 Å². The highest BCUT2D eigenvalue weighted by Gasteiger charge is 2.44. The fourth-order valence-corrected chi connectivity index (χ4v) is 13.3. The van der Waals surface area contributed by atoms with Gasteiger partial charge in [-0.05, 0) is 142 Å². The third-order valence-electron chi connectivity index (χ3n) is 15.7. The van der Waals surface area contributed by atoms with Crippen LogP contribution >= 0.6 is 11.3 Å². The first-order valence-electron chi connectivity index (χ1n) is 25.3. The van der Waals surface area contributed by atoms with Crippen LogP contribution in [0.25, 0.3) is 59.6 Å². The van der Waals surface area contributed by atoms with Gasteiger partial charge < -0.3 is 18.8 Å². The zero-order valence-electron chi connectivity index (χ0n) is 42.4. The van der Waals surface area contributed by atoms with Crippen molar-refractivity contribution in [1.82, 2.24) is 4.57 Å². The fraction of sp³-hybridized carbons (Fsp3) is 0.250. The highest BCUT2D eigenvalue weighted by atomic mass is 32.1. The smallest absolute Gasteiger partial charge is 0.252 e. The van der Waals surface area contributed by atoms with Crippen LogP contribution in [0.2, 0.25) is 0 Å². The van der Waals surface area contributed by atoms with Crippen molar-refractivity contribution in [2.24, 2.45) is 0 Å². The van der Waals surface area contributed by atoms with Gasteiger partial charge in [0.2, 0.25) is 0 Å². The minimum absolute atomic E-state index is 0.0103. The molecular weight excluding hydrogens is 870 g/mol. The van der Waals surface area contributed by atoms with Gasteiger partial charge in [-0.3, -0.25) is 0 Å². The molecule has 1 aliphatic carbocycles. The molecule has 5 heterocycles. The molecule has 0 unspecified atom stereocenters. The quantitative estimate of drug-likeness (QED) is 0.164. The number of furan rings is 1. The van der Waals surface area contributed by atoms with Gasteiger partial charge in [0.1, 0.15) is 15.8 Å². The van der Waals surface area contributed by atoms with Crippen molar-refractivity contribution in [3.8, 4) is 5.69 Å². The molecule has 7 aromatic carbocycles. The van der Waals surface area contributed by atoms with Crippen LogP contribution in [0.4, 0.5) is 28.4 Å². The monoisotopic (exact) mass is 929 g/mol. The van der Waals surface area contributed by atoms with Crippen molar-refractivity contribution in [3.05, 3.63) is 172 Å². The van der Waals surface area contributed by atoms with E-state index in [0.717, 1.165) is 29.5 Å². The summed E-state index contributed by atoms with van der Waals surface area (Å²) in [5.41, 5.74) is 22.3. The highest BCUT2D eigenvalue weighted by molar-refractivity contribution is 7.26. The second-order valence-corrected chi connectivity index (χ2v) is 24.4. The molecule has 70 heavy (non-hydrogen) atoms. The van der Waals surface area contributed by atoms with Crippen LogP contribution in [-0.4, -0.2) is 11.3 Å². The van der Waals surface area contributed by atoms with Crippen molar-refractivity contribution in [2.75, 3.05) is 9.80 Å². The van der Waals surface area contributed by atoms with Gasteiger partial charge in [0.25, 0.3) is 6.71 Å². The number of benzene rings is 7. The molecule has 0 spiro atoms. The number of thiophene rings is 1. The standard InChI is InChI=1S/C64H60BN3OS/c1-37-32-39(62(3,4)5)26-30-48(37)66(49-31-27-40(33-38(49)2)63(6,7)8)42-28-29-46-51(36-42)67(50-22-17-24-55-58(50)43-18-12-14-23-54(43)69-55)52-34-41(64(9,10)11)35-53-59(52)65(46)47-21-16-20-45-57-44-19-13-15-25-56(44)70-61(57)68(53)60(45)47/h12-16,18-21,23-36H,17,22H2,1-11H3. The van der Waals surface area contributed by atoms with Gasteiger partial charge >= 0.3 is 0 Å². The van der Waals surface area contributed by atoms with E-state index in [4.69, 9.17) is 4.42 Å². The number of aryl methyl sites for hydroxylation is 2. The topological polar surface area (TPSA) is 24.6 Å². The van der Waals surface area contributed by atoms with Gasteiger partial charge in [-0.1, -0.05) is 147 Å². The van der Waals surface area contributed by atoms with Gasteiger partial charge in [-0.2, -0.15) is 0 Å². The number of anilines is 5. The van der Waals surface area contributed by atoms with Crippen LogP contribution in [-0.2, 0) is 16.2 Å². The number of fused-ring (bicyclic) bond motifs is 12. The van der Waals surface area contributed by atoms with Crippen molar-refractivity contribution in [3.63, 3.8) is 0 Å². The van der Waals surface area contributed by atoms with Crippen molar-refractivity contribution >= 4 is 117 Å². The average Bonchev–Trinajstić information content (AvgIpc) is 4.00. The zero-order chi connectivity index (χ0) is 48.3. The van der Waals surface area contributed by atoms with Gasteiger partial charge in [0.05, 0.1) is 5.52 Å². The SMILES string of the molecule is Cc1cc(C(C)(C)C)ccc1N(c1ccc2c(c1)N(C1=c3c(oc4ccccc34)=CCC1)c1cc(C(C)(C)C)cc3c1B2c1cccc2c4c5ccccc5sc4n-3c12)c1ccc(C(C)(C)C)cc1C. The summed E-state index contributed by atoms with van der Waals surface area (Å²) < 4.78 is 10.7. The highest BCUT2D eigenvalue weighted by Crippen LogP contribution is 2.48. The van der Waals surface area contributed by atoms with Crippen LogP contribution in [0.3, 0.4) is 0 Å². The predicted octanol–water partition coefficient (Wildman–Crippen LogP) is 14.4. The molecule has 0 N–H and O–H groups in total. The molecule has 0 radical (unpaired) electrons. The molecule has 10 aromatic rings. The number of rotatable bonds is 4. The normalized spacial score (nSPS) is 14.4. The largest absolute Gasteiger partial charge is 0.456 e. The van der Waals surface area contributed by atoms with E-state index in [0.29, 0.717) is 0 Å². The third kappa shape index (κ3) is 6.27. The van der Waals surface area contributed by atoms with E-state index in [1.165, 1.54) is 120 Å². The summed E-state index contributed by atoms with van der Waals surface area (Å²) in [6.07, 6.45) is 4.09. The second kappa shape index (κ2) is 14.9. The maximum absolute atomic E-state index is 6.75. The Hall–Kier alpha value is -6.76. The number of aromatic nitrogens is 1. The summed E-state index contributed by atoms with van der Waals surface area (Å²) in [6, 6.07) is 51.5. The maximum atomic E-state index is 6.75. The Morgan fingerprint density at radius 3 is 1.91 bits per heavy atom. The Bertz CT molecular complexity index is 3950. The first-order chi connectivity index (χ1) is 33.5. The minimum atomic E-state index is -0.125. The van der Waals surface area contributed by atoms with E-state index in [1.54, 1.807) is 0 Å². The molecule has 0 bridgehead atoms. The lowest BCUT2D eigenvalue weighted by Gasteiger charge is -2.43. The third-order valence-corrected chi connectivity index (χ3v) is 16.9. The lowest BCUT2D eigenvalue weighted by atomic mass is 9.33. The number of para-hydroxylation sites is 2. The first-order valence-corrected chi connectivity index (χ1v) is 26.1. The maximum Gasteiger partial charge on any atom is 0.252 e. The summed E-state index contributed by atoms with van der Waals surface area (Å²) in [5.74, 6) is 0. The van der Waals surface area contributed by atoms with Crippen LogP contribution in [0.15, 0.2) is 138 Å². The first kappa shape index (κ1) is 43.3. The van der Waals surface area contributed by atoms with E-state index in [1.807, 2.05) is 11.3 Å². The summed E-state index contributed by atoms with van der Waals surface area (Å²) in [5, 5.41) is 6.40. The average molecular weight is 930 g/mol. The Labute approximate surface area is 416 Å². The molecule has 4 nitrogen and oxygen atoms in total. The summed E-state index contributed by atoms with van der Waals surface area (Å²) in [6.45, 7) is 25.6. The molecule has 6 heteroatoms. The van der Waals surface area contributed by atoms with E-state index >= 15 is 0 Å². The van der Waals surface area contributed by atoms with E-state index in [9.17, 15) is 0 Å². The molecule has 0 atom stereocenters. The molecular formula is C64H60BN3OS. The molecule has 346 valence electrons. The Morgan fingerprint density at radius 1 is 0.586 bits per heavy atom. The minimum Gasteiger partial charge on any atom is -0.456 e. The van der Waals surface area contributed by atoms with Crippen molar-refractivity contribution in [1.29, 1.82) is 0 Å². The van der Waals surface area contributed by atoms with E-state index < -0.39 is 0 Å². The lowest BCUT2D eigenvalue weighted by Crippen LogP contribution is -2.61.